The van der Waals surface area contributed by atoms with Crippen LogP contribution in [0.2, 0.25) is 0 Å². The normalized spacial score (nSPS) is 17.2. The number of rotatable bonds is 7. The predicted molar refractivity (Wildman–Crippen MR) is 139 cm³/mol. The molecule has 1 unspecified atom stereocenters. The number of nitrogens with zero attached hydrogens (tertiary/aromatic N) is 2. The van der Waals surface area contributed by atoms with Gasteiger partial charge in [0.05, 0.1) is 0 Å². The van der Waals surface area contributed by atoms with Gasteiger partial charge in [-0.15, -0.1) is 0 Å². The molecule has 2 aromatic rings. The Labute approximate surface area is 217 Å². The number of aliphatic hydroxyl groups excluding tert-OH is 1. The number of likely N-dealkylation sites (N-methyl/N-ethyl adjacent to an activating group) is 2. The molecule has 1 spiro atoms. The Morgan fingerprint density at radius 1 is 1.03 bits per heavy atom. The molecule has 2 aromatic carbocycles. The first-order valence-electron chi connectivity index (χ1n) is 12.5. The van der Waals surface area contributed by atoms with Crippen LogP contribution in [0.25, 0.3) is 0 Å². The van der Waals surface area contributed by atoms with Gasteiger partial charge in [-0.3, -0.25) is 19.3 Å². The molecule has 194 valence electrons. The topological polar surface area (TPSA) is 99.2 Å². The van der Waals surface area contributed by atoms with Crippen LogP contribution in [-0.2, 0) is 20.9 Å². The lowest BCUT2D eigenvalue weighted by atomic mass is 9.73. The van der Waals surface area contributed by atoms with Crippen molar-refractivity contribution in [1.29, 1.82) is 0 Å². The molecule has 2 N–H and O–H groups in total. The quantitative estimate of drug-likeness (QED) is 0.438. The number of nitrogens with one attached hydrogen (secondary N) is 1. The minimum atomic E-state index is -1.39. The van der Waals surface area contributed by atoms with Crippen molar-refractivity contribution < 1.29 is 24.2 Å². The highest BCUT2D eigenvalue weighted by Gasteiger charge is 2.43. The zero-order valence-electron chi connectivity index (χ0n) is 21.3. The molecule has 8 nitrogen and oxygen atoms in total. The Morgan fingerprint density at radius 2 is 1.59 bits per heavy atom. The maximum absolute atomic E-state index is 12.8. The van der Waals surface area contributed by atoms with E-state index >= 15 is 0 Å². The van der Waals surface area contributed by atoms with Gasteiger partial charge in [0, 0.05) is 69.0 Å². The van der Waals surface area contributed by atoms with Crippen LogP contribution < -0.4 is 5.32 Å². The Bertz CT molecular complexity index is 1170. The zero-order chi connectivity index (χ0) is 26.4. The fraction of sp³-hybridized carbons (Fsp3) is 0.414. The van der Waals surface area contributed by atoms with E-state index in [4.69, 9.17) is 9.84 Å². The highest BCUT2D eigenvalue weighted by Crippen LogP contribution is 2.40. The molecule has 8 heteroatoms. The second kappa shape index (κ2) is 11.7. The number of Topliss-reactive ketones (excluding diaryl/α,β-unsaturated/α-hetero) is 1. The number of carbonyl (C=O) groups is 3. The summed E-state index contributed by atoms with van der Waals surface area (Å²) in [4.78, 5) is 40.4. The molecule has 2 saturated heterocycles. The molecule has 2 aliphatic rings. The molecular weight excluding hydrogens is 470 g/mol. The lowest BCUT2D eigenvalue weighted by Crippen LogP contribution is -2.57. The Hall–Kier alpha value is -3.51. The molecular formula is C29H33N3O5. The lowest BCUT2D eigenvalue weighted by Gasteiger charge is -2.52. The summed E-state index contributed by atoms with van der Waals surface area (Å²) in [5, 5.41) is 11.5. The summed E-state index contributed by atoms with van der Waals surface area (Å²) >= 11 is 0. The van der Waals surface area contributed by atoms with E-state index in [-0.39, 0.29) is 0 Å². The van der Waals surface area contributed by atoms with E-state index < -0.39 is 30.2 Å². The number of hydrogen-bond acceptors (Lipinski definition) is 6. The maximum Gasteiger partial charge on any atom is 0.254 e. The van der Waals surface area contributed by atoms with Crippen molar-refractivity contribution >= 4 is 17.6 Å². The third-order valence-corrected chi connectivity index (χ3v) is 7.18. The summed E-state index contributed by atoms with van der Waals surface area (Å²) in [6.07, 6.45) is 2.34. The number of likely N-dealkylation sites (tertiary alicyclic amines) is 1. The van der Waals surface area contributed by atoms with Gasteiger partial charge in [-0.2, -0.15) is 0 Å². The van der Waals surface area contributed by atoms with E-state index in [2.05, 4.69) is 34.2 Å². The first kappa shape index (κ1) is 26.6. The molecule has 2 fully saturated rings. The average molecular weight is 504 g/mol. The van der Waals surface area contributed by atoms with Crippen molar-refractivity contribution in [2.75, 3.05) is 47.0 Å². The largest absolute Gasteiger partial charge is 0.388 e. The number of amides is 2. The third kappa shape index (κ3) is 6.25. The van der Waals surface area contributed by atoms with E-state index in [9.17, 15) is 14.4 Å². The molecule has 0 saturated carbocycles. The average Bonchev–Trinajstić information content (AvgIpc) is 2.92. The summed E-state index contributed by atoms with van der Waals surface area (Å²) < 4.78 is 5.50. The number of aliphatic hydroxyl groups is 1. The minimum Gasteiger partial charge on any atom is -0.388 e. The molecule has 0 bridgehead atoms. The Kier molecular flexibility index (Phi) is 8.39. The highest BCUT2D eigenvalue weighted by atomic mass is 16.5. The van der Waals surface area contributed by atoms with Gasteiger partial charge in [0.25, 0.3) is 5.91 Å². The number of ether oxygens (including phenoxy) is 1. The van der Waals surface area contributed by atoms with Crippen LogP contribution in [0, 0.1) is 17.3 Å². The lowest BCUT2D eigenvalue weighted by molar-refractivity contribution is -0.135. The van der Waals surface area contributed by atoms with Gasteiger partial charge in [-0.1, -0.05) is 24.0 Å². The minimum absolute atomic E-state index is 0.311. The fourth-order valence-electron chi connectivity index (χ4n) is 5.01. The van der Waals surface area contributed by atoms with E-state index in [1.807, 2.05) is 12.1 Å². The second-order valence-corrected chi connectivity index (χ2v) is 9.84. The summed E-state index contributed by atoms with van der Waals surface area (Å²) in [5.41, 5.74) is 3.70. The van der Waals surface area contributed by atoms with Gasteiger partial charge in [0.2, 0.25) is 5.91 Å². The van der Waals surface area contributed by atoms with E-state index in [1.54, 1.807) is 24.3 Å². The predicted octanol–water partition coefficient (Wildman–Crippen LogP) is 1.45. The molecule has 0 aliphatic carbocycles. The van der Waals surface area contributed by atoms with Gasteiger partial charge in [0.15, 0.2) is 11.8 Å². The van der Waals surface area contributed by atoms with Crippen molar-refractivity contribution in [2.45, 2.75) is 25.4 Å². The third-order valence-electron chi connectivity index (χ3n) is 7.18. The molecule has 37 heavy (non-hydrogen) atoms. The van der Waals surface area contributed by atoms with Crippen molar-refractivity contribution in [3.05, 3.63) is 70.8 Å². The number of hydrogen-bond donors (Lipinski definition) is 2. The van der Waals surface area contributed by atoms with E-state index in [0.29, 0.717) is 11.0 Å². The Balaban J connectivity index is 1.33. The molecule has 2 heterocycles. The molecule has 2 amide bonds. The molecule has 1 atom stereocenters. The summed E-state index contributed by atoms with van der Waals surface area (Å²) in [6, 6.07) is 13.5. The zero-order valence-corrected chi connectivity index (χ0v) is 21.3. The SMILES string of the molecule is CNC(=O)C(C(=O)CO)N(C)C(=O)c1ccc(C#Cc2ccc(CN3CC4(CCOCC4)C3)cc2)cc1. The summed E-state index contributed by atoms with van der Waals surface area (Å²) in [6.45, 7) is 4.19. The summed E-state index contributed by atoms with van der Waals surface area (Å²) in [7, 11) is 2.73. The monoisotopic (exact) mass is 503 g/mol. The second-order valence-electron chi connectivity index (χ2n) is 9.84. The molecule has 2 aliphatic heterocycles. The van der Waals surface area contributed by atoms with E-state index in [0.717, 1.165) is 48.9 Å². The summed E-state index contributed by atoms with van der Waals surface area (Å²) in [5.74, 6) is 4.35. The molecule has 0 radical (unpaired) electrons. The van der Waals surface area contributed by atoms with Crippen molar-refractivity contribution in [1.82, 2.24) is 15.1 Å². The van der Waals surface area contributed by atoms with Gasteiger partial charge in [0.1, 0.15) is 6.61 Å². The maximum atomic E-state index is 12.8. The van der Waals surface area contributed by atoms with Crippen LogP contribution in [-0.4, -0.2) is 85.6 Å². The van der Waals surface area contributed by atoms with Crippen LogP contribution in [0.4, 0.5) is 0 Å². The van der Waals surface area contributed by atoms with Crippen LogP contribution in [0.5, 0.6) is 0 Å². The van der Waals surface area contributed by atoms with Crippen LogP contribution in [0.1, 0.15) is 39.9 Å². The number of carbonyl (C=O) groups excluding carboxylic acids is 3. The van der Waals surface area contributed by atoms with Crippen molar-refractivity contribution in [2.24, 2.45) is 5.41 Å². The first-order valence-corrected chi connectivity index (χ1v) is 12.5. The Morgan fingerprint density at radius 3 is 2.14 bits per heavy atom. The standard InChI is InChI=1S/C29H33N3O5/c1-30-27(35)26(25(34)18-33)31(2)28(36)24-11-9-22(10-12-24)4-3-21-5-7-23(8-6-21)17-32-19-29(20-32)13-15-37-16-14-29/h5-12,26,33H,13-20H2,1-2H3,(H,30,35). The molecule has 0 aromatic heterocycles. The van der Waals surface area contributed by atoms with Gasteiger partial charge < -0.3 is 20.1 Å². The number of ketones is 1. The van der Waals surface area contributed by atoms with Gasteiger partial charge in [-0.25, -0.2) is 0 Å². The van der Waals surface area contributed by atoms with Crippen LogP contribution in [0.15, 0.2) is 48.5 Å². The number of benzene rings is 2. The highest BCUT2D eigenvalue weighted by molar-refractivity contribution is 6.10. The van der Waals surface area contributed by atoms with Crippen LogP contribution in [0.3, 0.4) is 0 Å². The molecule has 4 rings (SSSR count). The van der Waals surface area contributed by atoms with Gasteiger partial charge in [-0.05, 0) is 54.8 Å². The fourth-order valence-corrected chi connectivity index (χ4v) is 5.01. The smallest absolute Gasteiger partial charge is 0.254 e. The van der Waals surface area contributed by atoms with Crippen molar-refractivity contribution in [3.8, 4) is 11.8 Å². The van der Waals surface area contributed by atoms with Crippen molar-refractivity contribution in [3.63, 3.8) is 0 Å². The first-order chi connectivity index (χ1) is 17.8. The van der Waals surface area contributed by atoms with Crippen LogP contribution >= 0.6 is 0 Å². The van der Waals surface area contributed by atoms with Gasteiger partial charge >= 0.3 is 0 Å². The van der Waals surface area contributed by atoms with E-state index in [1.165, 1.54) is 32.5 Å².